The summed E-state index contributed by atoms with van der Waals surface area (Å²) < 4.78 is 48.8. The van der Waals surface area contributed by atoms with Crippen molar-refractivity contribution in [3.05, 3.63) is 125 Å². The van der Waals surface area contributed by atoms with Crippen molar-refractivity contribution >= 4 is 5.97 Å². The Bertz CT molecular complexity index is 1330. The molecule has 0 spiro atoms. The number of carbonyl (C=O) groups excluding carboxylic acids is 1. The zero-order valence-electron chi connectivity index (χ0n) is 20.2. The average Bonchev–Trinajstić information content (AvgIpc) is 2.86. The Kier molecular flexibility index (Phi) is 7.89. The minimum Gasteiger partial charge on any atom is -0.423 e. The summed E-state index contributed by atoms with van der Waals surface area (Å²) in [5, 5.41) is 0. The molecule has 1 unspecified atom stereocenters. The number of hydrogen-bond acceptors (Lipinski definition) is 2. The molecule has 1 atom stereocenters. The second-order valence-electron chi connectivity index (χ2n) is 8.92. The number of aryl methyl sites for hydroxylation is 1. The van der Waals surface area contributed by atoms with Gasteiger partial charge in [-0.15, -0.1) is 0 Å². The maximum absolute atomic E-state index is 14.8. The fourth-order valence-electron chi connectivity index (χ4n) is 4.24. The van der Waals surface area contributed by atoms with E-state index in [4.69, 9.17) is 4.74 Å². The molecule has 0 saturated heterocycles. The van der Waals surface area contributed by atoms with Gasteiger partial charge in [-0.1, -0.05) is 80.9 Å². The van der Waals surface area contributed by atoms with Crippen LogP contribution in [0.3, 0.4) is 0 Å². The standard InChI is InChI=1S/C31H27F3O2/c1-3-7-24-14-15-26(19-27(24)32)36-31(35)30-28(33)17-25(18-29(30)34)23-12-10-21(11-13-23)16-20(2)22-8-5-4-6-9-22/h4-6,8-15,17-20H,3,7,16H2,1-2H3. The smallest absolute Gasteiger partial charge is 0.349 e. The lowest BCUT2D eigenvalue weighted by atomic mass is 9.93. The van der Waals surface area contributed by atoms with Crippen LogP contribution in [0.5, 0.6) is 5.75 Å². The Morgan fingerprint density at radius 2 is 1.47 bits per heavy atom. The van der Waals surface area contributed by atoms with E-state index in [1.165, 1.54) is 17.7 Å². The van der Waals surface area contributed by atoms with Gasteiger partial charge in [0.25, 0.3) is 0 Å². The Balaban J connectivity index is 1.48. The van der Waals surface area contributed by atoms with E-state index in [2.05, 4.69) is 19.1 Å². The van der Waals surface area contributed by atoms with Crippen LogP contribution in [0.2, 0.25) is 0 Å². The van der Waals surface area contributed by atoms with Gasteiger partial charge in [-0.25, -0.2) is 18.0 Å². The number of esters is 1. The van der Waals surface area contributed by atoms with Crippen LogP contribution in [0.1, 0.15) is 53.2 Å². The molecule has 2 nitrogen and oxygen atoms in total. The molecule has 0 aliphatic carbocycles. The van der Waals surface area contributed by atoms with Gasteiger partial charge in [-0.2, -0.15) is 0 Å². The molecule has 0 aromatic heterocycles. The highest BCUT2D eigenvalue weighted by atomic mass is 19.1. The van der Waals surface area contributed by atoms with E-state index in [1.54, 1.807) is 12.1 Å². The van der Waals surface area contributed by atoms with Crippen molar-refractivity contribution in [3.63, 3.8) is 0 Å². The number of halogens is 3. The van der Waals surface area contributed by atoms with Gasteiger partial charge in [-0.3, -0.25) is 0 Å². The van der Waals surface area contributed by atoms with Gasteiger partial charge in [-0.05, 0) is 64.8 Å². The first-order chi connectivity index (χ1) is 17.4. The quantitative estimate of drug-likeness (QED) is 0.184. The predicted molar refractivity (Wildman–Crippen MR) is 136 cm³/mol. The molecule has 5 heteroatoms. The van der Waals surface area contributed by atoms with Crippen molar-refractivity contribution < 1.29 is 22.7 Å². The largest absolute Gasteiger partial charge is 0.423 e. The molecule has 0 aliphatic rings. The fourth-order valence-corrected chi connectivity index (χ4v) is 4.24. The van der Waals surface area contributed by atoms with Gasteiger partial charge in [0.1, 0.15) is 28.8 Å². The zero-order chi connectivity index (χ0) is 25.7. The molecule has 184 valence electrons. The molecule has 4 aromatic rings. The minimum atomic E-state index is -1.22. The first-order valence-electron chi connectivity index (χ1n) is 12.0. The number of hydrogen-bond donors (Lipinski definition) is 0. The molecule has 0 amide bonds. The minimum absolute atomic E-state index is 0.111. The van der Waals surface area contributed by atoms with E-state index in [0.29, 0.717) is 29.0 Å². The number of carbonyl (C=O) groups is 1. The van der Waals surface area contributed by atoms with Gasteiger partial charge in [0.05, 0.1) is 0 Å². The molecule has 36 heavy (non-hydrogen) atoms. The Hall–Kier alpha value is -3.86. The third kappa shape index (κ3) is 5.85. The second kappa shape index (κ2) is 11.3. The van der Waals surface area contributed by atoms with Gasteiger partial charge in [0, 0.05) is 6.07 Å². The first-order valence-corrected chi connectivity index (χ1v) is 12.0. The third-order valence-corrected chi connectivity index (χ3v) is 6.20. The molecular formula is C31H27F3O2. The predicted octanol–water partition coefficient (Wildman–Crippen LogP) is 8.29. The number of ether oxygens (including phenoxy) is 1. The fraction of sp³-hybridized carbons (Fsp3) is 0.194. The Morgan fingerprint density at radius 1 is 0.806 bits per heavy atom. The molecule has 0 bridgehead atoms. The molecule has 0 aliphatic heterocycles. The summed E-state index contributed by atoms with van der Waals surface area (Å²) in [6, 6.07) is 23.8. The van der Waals surface area contributed by atoms with Crippen LogP contribution in [-0.2, 0) is 12.8 Å². The summed E-state index contributed by atoms with van der Waals surface area (Å²) >= 11 is 0. The molecule has 0 N–H and O–H groups in total. The van der Waals surface area contributed by atoms with Crippen molar-refractivity contribution in [2.45, 2.75) is 39.0 Å². The molecule has 4 aromatic carbocycles. The van der Waals surface area contributed by atoms with E-state index in [1.807, 2.05) is 37.3 Å². The summed E-state index contributed by atoms with van der Waals surface area (Å²) in [6.45, 7) is 4.07. The van der Waals surface area contributed by atoms with Crippen molar-refractivity contribution in [1.82, 2.24) is 0 Å². The number of rotatable bonds is 8. The highest BCUT2D eigenvalue weighted by Crippen LogP contribution is 2.28. The van der Waals surface area contributed by atoms with E-state index in [-0.39, 0.29) is 5.75 Å². The van der Waals surface area contributed by atoms with E-state index in [9.17, 15) is 18.0 Å². The lowest BCUT2D eigenvalue weighted by Gasteiger charge is -2.13. The molecule has 0 fully saturated rings. The lowest BCUT2D eigenvalue weighted by Crippen LogP contribution is -2.13. The highest BCUT2D eigenvalue weighted by molar-refractivity contribution is 5.92. The van der Waals surface area contributed by atoms with Gasteiger partial charge in [0.2, 0.25) is 0 Å². The number of benzene rings is 4. The normalized spacial score (nSPS) is 11.8. The van der Waals surface area contributed by atoms with Crippen LogP contribution in [0.25, 0.3) is 11.1 Å². The highest BCUT2D eigenvalue weighted by Gasteiger charge is 2.22. The topological polar surface area (TPSA) is 26.3 Å². The molecule has 0 saturated carbocycles. The van der Waals surface area contributed by atoms with Crippen molar-refractivity contribution in [1.29, 1.82) is 0 Å². The molecule has 0 radical (unpaired) electrons. The molecular weight excluding hydrogens is 461 g/mol. The van der Waals surface area contributed by atoms with Gasteiger partial charge >= 0.3 is 5.97 Å². The summed E-state index contributed by atoms with van der Waals surface area (Å²) in [6.07, 6.45) is 2.13. The third-order valence-electron chi connectivity index (χ3n) is 6.20. The van der Waals surface area contributed by atoms with Crippen LogP contribution in [-0.4, -0.2) is 5.97 Å². The summed E-state index contributed by atoms with van der Waals surface area (Å²) in [5.74, 6) is -3.61. The van der Waals surface area contributed by atoms with E-state index >= 15 is 0 Å². The Morgan fingerprint density at radius 3 is 2.08 bits per heavy atom. The lowest BCUT2D eigenvalue weighted by molar-refractivity contribution is 0.0724. The maximum Gasteiger partial charge on any atom is 0.349 e. The van der Waals surface area contributed by atoms with Crippen molar-refractivity contribution in [2.75, 3.05) is 0 Å². The van der Waals surface area contributed by atoms with Gasteiger partial charge in [0.15, 0.2) is 0 Å². The van der Waals surface area contributed by atoms with E-state index < -0.39 is 29.0 Å². The molecule has 0 heterocycles. The maximum atomic E-state index is 14.8. The monoisotopic (exact) mass is 488 g/mol. The van der Waals surface area contributed by atoms with Crippen molar-refractivity contribution in [2.24, 2.45) is 0 Å². The first kappa shape index (κ1) is 25.2. The average molecular weight is 489 g/mol. The van der Waals surface area contributed by atoms with Crippen LogP contribution < -0.4 is 4.74 Å². The van der Waals surface area contributed by atoms with Crippen LogP contribution in [0.4, 0.5) is 13.2 Å². The zero-order valence-corrected chi connectivity index (χ0v) is 20.2. The molecule has 4 rings (SSSR count). The van der Waals surface area contributed by atoms with E-state index in [0.717, 1.165) is 36.6 Å². The van der Waals surface area contributed by atoms with Gasteiger partial charge < -0.3 is 4.74 Å². The van der Waals surface area contributed by atoms with Crippen LogP contribution >= 0.6 is 0 Å². The Labute approximate surface area is 209 Å². The van der Waals surface area contributed by atoms with Crippen LogP contribution in [0, 0.1) is 17.5 Å². The SMILES string of the molecule is CCCc1ccc(OC(=O)c2c(F)cc(-c3ccc(CC(C)c4ccccc4)cc3)cc2F)cc1F. The summed E-state index contributed by atoms with van der Waals surface area (Å²) in [7, 11) is 0. The van der Waals surface area contributed by atoms with Crippen molar-refractivity contribution in [3.8, 4) is 16.9 Å². The van der Waals surface area contributed by atoms with Crippen LogP contribution in [0.15, 0.2) is 84.9 Å². The summed E-state index contributed by atoms with van der Waals surface area (Å²) in [5.41, 5.74) is 2.95. The second-order valence-corrected chi connectivity index (χ2v) is 8.92. The summed E-state index contributed by atoms with van der Waals surface area (Å²) in [4.78, 5) is 12.5.